The summed E-state index contributed by atoms with van der Waals surface area (Å²) in [6, 6.07) is 18.7. The van der Waals surface area contributed by atoms with Crippen molar-refractivity contribution in [1.29, 1.82) is 0 Å². The predicted octanol–water partition coefficient (Wildman–Crippen LogP) is 4.15. The largest absolute Gasteiger partial charge is 0.288 e. The van der Waals surface area contributed by atoms with E-state index in [1.165, 1.54) is 6.08 Å². The quantitative estimate of drug-likeness (QED) is 0.838. The van der Waals surface area contributed by atoms with Crippen molar-refractivity contribution in [2.45, 2.75) is 6.17 Å². The highest BCUT2D eigenvalue weighted by atomic mass is 32.2. The van der Waals surface area contributed by atoms with Crippen molar-refractivity contribution in [2.24, 2.45) is 0 Å². The van der Waals surface area contributed by atoms with Crippen LogP contribution in [0.25, 0.3) is 5.57 Å². The number of amides is 2. The number of benzene rings is 2. The number of carbonyl (C=O) groups is 2. The van der Waals surface area contributed by atoms with Gasteiger partial charge in [0.2, 0.25) is 0 Å². The third-order valence-electron chi connectivity index (χ3n) is 3.75. The van der Waals surface area contributed by atoms with Gasteiger partial charge in [-0.1, -0.05) is 72.4 Å². The van der Waals surface area contributed by atoms with Crippen LogP contribution in [0.1, 0.15) is 11.1 Å². The second-order valence-electron chi connectivity index (χ2n) is 5.32. The normalized spacial score (nSPS) is 15.2. The number of rotatable bonds is 4. The lowest BCUT2D eigenvalue weighted by Gasteiger charge is -2.15. The summed E-state index contributed by atoms with van der Waals surface area (Å²) < 4.78 is 14.6. The van der Waals surface area contributed by atoms with Gasteiger partial charge >= 0.3 is 0 Å². The van der Waals surface area contributed by atoms with Crippen LogP contribution < -0.4 is 0 Å². The first-order valence-corrected chi connectivity index (χ1v) is 8.60. The minimum absolute atomic E-state index is 0.266. The van der Waals surface area contributed by atoms with Crippen LogP contribution in [-0.2, 0) is 4.79 Å². The van der Waals surface area contributed by atoms with Gasteiger partial charge in [-0.15, -0.1) is 0 Å². The lowest BCUT2D eigenvalue weighted by molar-refractivity contribution is -0.131. The van der Waals surface area contributed by atoms with Crippen LogP contribution in [0.4, 0.5) is 9.18 Å². The third kappa shape index (κ3) is 3.57. The summed E-state index contributed by atoms with van der Waals surface area (Å²) in [5.41, 5.74) is 2.28. The van der Waals surface area contributed by atoms with E-state index in [1.54, 1.807) is 0 Å². The fourth-order valence-electron chi connectivity index (χ4n) is 2.55. The van der Waals surface area contributed by atoms with Gasteiger partial charge in [0, 0.05) is 12.3 Å². The molecule has 0 aliphatic carbocycles. The van der Waals surface area contributed by atoms with E-state index in [-0.39, 0.29) is 11.8 Å². The van der Waals surface area contributed by atoms with Crippen LogP contribution in [0, 0.1) is 0 Å². The third-order valence-corrected chi connectivity index (χ3v) is 4.60. The van der Waals surface area contributed by atoms with E-state index in [0.29, 0.717) is 11.3 Å². The Bertz CT molecular complexity index is 720. The summed E-state index contributed by atoms with van der Waals surface area (Å²) in [6.07, 6.45) is -0.563. The molecule has 2 aromatic rings. The molecule has 3 nitrogen and oxygen atoms in total. The molecular formula is C19H16FNO2S. The van der Waals surface area contributed by atoms with E-state index in [2.05, 4.69) is 0 Å². The summed E-state index contributed by atoms with van der Waals surface area (Å²) in [4.78, 5) is 24.8. The molecule has 0 radical (unpaired) electrons. The van der Waals surface area contributed by atoms with Crippen molar-refractivity contribution in [3.63, 3.8) is 0 Å². The summed E-state index contributed by atoms with van der Waals surface area (Å²) in [5, 5.41) is -0.378. The summed E-state index contributed by atoms with van der Waals surface area (Å²) >= 11 is 1.04. The predicted molar refractivity (Wildman–Crippen MR) is 94.4 cm³/mol. The average Bonchev–Trinajstić information content (AvgIpc) is 3.06. The van der Waals surface area contributed by atoms with Gasteiger partial charge in [-0.3, -0.25) is 14.5 Å². The van der Waals surface area contributed by atoms with Crippen LogP contribution in [0.15, 0.2) is 66.7 Å². The first-order chi connectivity index (χ1) is 11.7. The number of carbonyl (C=O) groups excluding carboxylic acids is 2. The van der Waals surface area contributed by atoms with Crippen LogP contribution in [0.5, 0.6) is 0 Å². The van der Waals surface area contributed by atoms with Crippen molar-refractivity contribution >= 4 is 28.5 Å². The number of thioether (sulfide) groups is 1. The second kappa shape index (κ2) is 7.45. The maximum Gasteiger partial charge on any atom is 0.288 e. The van der Waals surface area contributed by atoms with Crippen molar-refractivity contribution in [3.8, 4) is 0 Å². The summed E-state index contributed by atoms with van der Waals surface area (Å²) in [7, 11) is 0. The molecule has 0 N–H and O–H groups in total. The minimum Gasteiger partial charge on any atom is -0.271 e. The molecule has 1 heterocycles. The molecule has 2 amide bonds. The maximum absolute atomic E-state index is 14.6. The Kier molecular flexibility index (Phi) is 5.11. The average molecular weight is 341 g/mol. The van der Waals surface area contributed by atoms with E-state index in [4.69, 9.17) is 0 Å². The lowest BCUT2D eigenvalue weighted by atomic mass is 9.96. The number of hydrogen-bond acceptors (Lipinski definition) is 3. The molecule has 3 rings (SSSR count). The Morgan fingerprint density at radius 2 is 1.58 bits per heavy atom. The molecule has 0 unspecified atom stereocenters. The van der Waals surface area contributed by atoms with Crippen molar-refractivity contribution in [1.82, 2.24) is 4.90 Å². The molecule has 0 bridgehead atoms. The van der Waals surface area contributed by atoms with Gasteiger partial charge in [0.15, 0.2) is 6.17 Å². The van der Waals surface area contributed by atoms with Crippen molar-refractivity contribution in [2.75, 3.05) is 12.3 Å². The van der Waals surface area contributed by atoms with Gasteiger partial charge in [-0.05, 0) is 22.8 Å². The molecule has 122 valence electrons. The Labute approximate surface area is 144 Å². The highest BCUT2D eigenvalue weighted by molar-refractivity contribution is 8.13. The SMILES string of the molecule is O=C1SCCN1C(=O)[C@H](F)C=C(c1ccccc1)c1ccccc1. The zero-order valence-electron chi connectivity index (χ0n) is 12.9. The van der Waals surface area contributed by atoms with Crippen LogP contribution in [-0.4, -0.2) is 34.5 Å². The Hall–Kier alpha value is -2.40. The summed E-state index contributed by atoms with van der Waals surface area (Å²) in [5.74, 6) is -0.278. The molecule has 0 saturated carbocycles. The van der Waals surface area contributed by atoms with Crippen LogP contribution >= 0.6 is 11.8 Å². The number of alkyl halides is 1. The number of imide groups is 1. The molecule has 0 spiro atoms. The highest BCUT2D eigenvalue weighted by Crippen LogP contribution is 2.26. The molecule has 5 heteroatoms. The van der Waals surface area contributed by atoms with Gasteiger partial charge in [0.05, 0.1) is 0 Å². The van der Waals surface area contributed by atoms with Gasteiger partial charge in [0.25, 0.3) is 11.1 Å². The monoisotopic (exact) mass is 341 g/mol. The Morgan fingerprint density at radius 1 is 1.04 bits per heavy atom. The highest BCUT2D eigenvalue weighted by Gasteiger charge is 2.32. The molecule has 1 fully saturated rings. The summed E-state index contributed by atoms with van der Waals surface area (Å²) in [6.45, 7) is 0.266. The zero-order valence-corrected chi connectivity index (χ0v) is 13.7. The van der Waals surface area contributed by atoms with Gasteiger partial charge in [0.1, 0.15) is 0 Å². The van der Waals surface area contributed by atoms with E-state index in [0.717, 1.165) is 27.8 Å². The van der Waals surface area contributed by atoms with Crippen molar-refractivity contribution < 1.29 is 14.0 Å². The second-order valence-corrected chi connectivity index (χ2v) is 6.36. The van der Waals surface area contributed by atoms with E-state index < -0.39 is 12.1 Å². The van der Waals surface area contributed by atoms with E-state index in [9.17, 15) is 14.0 Å². The number of nitrogens with zero attached hydrogens (tertiary/aromatic N) is 1. The first-order valence-electron chi connectivity index (χ1n) is 7.61. The minimum atomic E-state index is -1.86. The molecule has 1 aliphatic heterocycles. The first kappa shape index (κ1) is 16.5. The molecule has 2 aromatic carbocycles. The zero-order chi connectivity index (χ0) is 16.9. The smallest absolute Gasteiger partial charge is 0.271 e. The molecule has 1 saturated heterocycles. The van der Waals surface area contributed by atoms with Gasteiger partial charge in [-0.25, -0.2) is 4.39 Å². The van der Waals surface area contributed by atoms with Crippen LogP contribution in [0.2, 0.25) is 0 Å². The van der Waals surface area contributed by atoms with Crippen LogP contribution in [0.3, 0.4) is 0 Å². The molecular weight excluding hydrogens is 325 g/mol. The molecule has 1 aliphatic rings. The molecule has 24 heavy (non-hydrogen) atoms. The van der Waals surface area contributed by atoms with Gasteiger partial charge < -0.3 is 0 Å². The van der Waals surface area contributed by atoms with Crippen molar-refractivity contribution in [3.05, 3.63) is 77.9 Å². The van der Waals surface area contributed by atoms with E-state index in [1.807, 2.05) is 60.7 Å². The standard InChI is InChI=1S/C19H16FNO2S/c20-17(18(22)21-11-12-24-19(21)23)13-16(14-7-3-1-4-8-14)15-9-5-2-6-10-15/h1-10,13,17H,11-12H2/t17-/m1/s1. The fourth-order valence-corrected chi connectivity index (χ4v) is 3.34. The number of halogens is 1. The Morgan fingerprint density at radius 3 is 2.04 bits per heavy atom. The number of hydrogen-bond donors (Lipinski definition) is 0. The fraction of sp³-hybridized carbons (Fsp3) is 0.158. The van der Waals surface area contributed by atoms with E-state index >= 15 is 0 Å². The molecule has 1 atom stereocenters. The lowest BCUT2D eigenvalue weighted by Crippen LogP contribution is -2.36. The Balaban J connectivity index is 1.94. The maximum atomic E-state index is 14.6. The molecule has 0 aromatic heterocycles. The topological polar surface area (TPSA) is 37.4 Å². The van der Waals surface area contributed by atoms with Gasteiger partial charge in [-0.2, -0.15) is 0 Å².